The van der Waals surface area contributed by atoms with Gasteiger partial charge in [-0.1, -0.05) is 178 Å². The van der Waals surface area contributed by atoms with Gasteiger partial charge in [-0.25, -0.2) is 0 Å². The van der Waals surface area contributed by atoms with Crippen LogP contribution in [0, 0.1) is 0 Å². The molecule has 0 saturated heterocycles. The maximum Gasteiger partial charge on any atom is 0.0726 e. The van der Waals surface area contributed by atoms with Crippen LogP contribution in [0.3, 0.4) is 0 Å². The van der Waals surface area contributed by atoms with E-state index < -0.39 is 0 Å². The molecule has 10 aromatic rings. The van der Waals surface area contributed by atoms with Crippen LogP contribution in [0.4, 0.5) is 17.1 Å². The lowest BCUT2D eigenvalue weighted by atomic mass is 9.70. The molecule has 1 spiro atoms. The van der Waals surface area contributed by atoms with Crippen molar-refractivity contribution in [3.05, 3.63) is 245 Å². The molecule has 0 aromatic heterocycles. The normalized spacial score (nSPS) is 14.6. The summed E-state index contributed by atoms with van der Waals surface area (Å²) in [5, 5.41) is 7.87. The molecule has 61 heavy (non-hydrogen) atoms. The molecule has 3 aliphatic rings. The third-order valence-electron chi connectivity index (χ3n) is 14.2. The summed E-state index contributed by atoms with van der Waals surface area (Å²) in [6.07, 6.45) is 4.65. The Bertz CT molecular complexity index is 3470. The molecule has 10 aromatic carbocycles. The first-order valence-electron chi connectivity index (χ1n) is 21.5. The molecule has 0 radical (unpaired) electrons. The zero-order valence-electron chi connectivity index (χ0n) is 34.2. The molecule has 1 nitrogen and oxygen atoms in total. The van der Waals surface area contributed by atoms with Crippen LogP contribution in [-0.4, -0.2) is 0 Å². The lowest BCUT2D eigenvalue weighted by molar-refractivity contribution is 0.660. The highest BCUT2D eigenvalue weighted by Gasteiger charge is 2.50. The van der Waals surface area contributed by atoms with Gasteiger partial charge in [-0.3, -0.25) is 0 Å². The van der Waals surface area contributed by atoms with Gasteiger partial charge in [-0.05, 0) is 148 Å². The Labute approximate surface area is 356 Å². The van der Waals surface area contributed by atoms with E-state index in [1.165, 1.54) is 99.1 Å². The number of fused-ring (bicyclic) bond motifs is 11. The average molecular weight is 776 g/mol. The summed E-state index contributed by atoms with van der Waals surface area (Å²) in [7, 11) is 0. The van der Waals surface area contributed by atoms with Crippen LogP contribution in [0.15, 0.2) is 200 Å². The van der Waals surface area contributed by atoms with E-state index in [4.69, 9.17) is 0 Å². The van der Waals surface area contributed by atoms with Crippen molar-refractivity contribution in [1.82, 2.24) is 0 Å². The average Bonchev–Trinajstić information content (AvgIpc) is 3.86. The second kappa shape index (κ2) is 12.5. The van der Waals surface area contributed by atoms with Crippen LogP contribution in [-0.2, 0) is 10.8 Å². The minimum atomic E-state index is -0.356. The Morgan fingerprint density at radius 1 is 0.328 bits per heavy atom. The van der Waals surface area contributed by atoms with Gasteiger partial charge in [0.2, 0.25) is 0 Å². The molecule has 0 amide bonds. The molecule has 0 atom stereocenters. The van der Waals surface area contributed by atoms with Gasteiger partial charge in [0.05, 0.1) is 5.41 Å². The standard InChI is InChI=1S/C60H41N/c1-59(2)54-34-38(25-31-49(54)50-32-30-46(37-55(50)59)61(44-16-4-3-5-17-44)45-29-28-40-13-6-7-14-42(40)36-45)23-24-39-33-43-27-26-41-15-12-22-53-57(41)58(43)56(35-39)60(53)51-20-10-8-18-47(51)48-19-9-11-21-52(48)60/h3-37H,1-2H3/b24-23+. The van der Waals surface area contributed by atoms with E-state index in [0.717, 1.165) is 17.1 Å². The fourth-order valence-corrected chi connectivity index (χ4v) is 11.4. The highest BCUT2D eigenvalue weighted by atomic mass is 15.1. The molecule has 3 aliphatic carbocycles. The maximum atomic E-state index is 2.49. The predicted molar refractivity (Wildman–Crippen MR) is 257 cm³/mol. The van der Waals surface area contributed by atoms with Crippen molar-refractivity contribution in [2.75, 3.05) is 4.90 Å². The van der Waals surface area contributed by atoms with E-state index in [0.29, 0.717) is 0 Å². The first-order chi connectivity index (χ1) is 30.0. The molecular formula is C60H41N. The molecule has 0 bridgehead atoms. The number of nitrogens with zero attached hydrogens (tertiary/aromatic N) is 1. The lowest BCUT2D eigenvalue weighted by Crippen LogP contribution is -2.26. The van der Waals surface area contributed by atoms with Crippen molar-refractivity contribution in [3.8, 4) is 22.3 Å². The number of rotatable bonds is 5. The molecule has 286 valence electrons. The summed E-state index contributed by atoms with van der Waals surface area (Å²) in [6, 6.07) is 74.9. The molecule has 13 rings (SSSR count). The minimum absolute atomic E-state index is 0.183. The molecular weight excluding hydrogens is 735 g/mol. The van der Waals surface area contributed by atoms with E-state index in [-0.39, 0.29) is 10.8 Å². The fourth-order valence-electron chi connectivity index (χ4n) is 11.4. The summed E-state index contributed by atoms with van der Waals surface area (Å²) < 4.78 is 0. The molecule has 0 saturated carbocycles. The Kier molecular flexibility index (Phi) is 7.06. The maximum absolute atomic E-state index is 2.49. The van der Waals surface area contributed by atoms with E-state index in [1.54, 1.807) is 0 Å². The van der Waals surface area contributed by atoms with Crippen molar-refractivity contribution >= 4 is 61.5 Å². The number of hydrogen-bond acceptors (Lipinski definition) is 1. The summed E-state index contributed by atoms with van der Waals surface area (Å²) in [5.41, 5.74) is 19.0. The highest BCUT2D eigenvalue weighted by molar-refractivity contribution is 6.18. The molecule has 1 heteroatoms. The molecule has 0 N–H and O–H groups in total. The van der Waals surface area contributed by atoms with Crippen molar-refractivity contribution in [3.63, 3.8) is 0 Å². The zero-order valence-corrected chi connectivity index (χ0v) is 34.2. The first-order valence-corrected chi connectivity index (χ1v) is 21.5. The van der Waals surface area contributed by atoms with E-state index in [9.17, 15) is 0 Å². The van der Waals surface area contributed by atoms with Crippen molar-refractivity contribution < 1.29 is 0 Å². The smallest absolute Gasteiger partial charge is 0.0726 e. The summed E-state index contributed by atoms with van der Waals surface area (Å²) in [6.45, 7) is 4.77. The predicted octanol–water partition coefficient (Wildman–Crippen LogP) is 15.8. The minimum Gasteiger partial charge on any atom is -0.310 e. The Hall–Kier alpha value is -7.48. The van der Waals surface area contributed by atoms with E-state index in [2.05, 4.69) is 231 Å². The number of benzene rings is 10. The molecule has 0 heterocycles. The third kappa shape index (κ3) is 4.72. The Balaban J connectivity index is 0.899. The lowest BCUT2D eigenvalue weighted by Gasteiger charge is -2.31. The van der Waals surface area contributed by atoms with Crippen LogP contribution in [0.5, 0.6) is 0 Å². The zero-order chi connectivity index (χ0) is 40.5. The topological polar surface area (TPSA) is 3.24 Å². The quantitative estimate of drug-likeness (QED) is 0.124. The van der Waals surface area contributed by atoms with Crippen LogP contribution < -0.4 is 4.90 Å². The van der Waals surface area contributed by atoms with Gasteiger partial charge in [0.1, 0.15) is 0 Å². The summed E-state index contributed by atoms with van der Waals surface area (Å²) in [4.78, 5) is 2.39. The van der Waals surface area contributed by atoms with Crippen LogP contribution in [0.25, 0.3) is 66.7 Å². The van der Waals surface area contributed by atoms with Gasteiger partial charge >= 0.3 is 0 Å². The number of hydrogen-bond donors (Lipinski definition) is 0. The second-order valence-electron chi connectivity index (χ2n) is 17.7. The van der Waals surface area contributed by atoms with Crippen molar-refractivity contribution in [2.24, 2.45) is 0 Å². The van der Waals surface area contributed by atoms with Gasteiger partial charge in [0.15, 0.2) is 0 Å². The van der Waals surface area contributed by atoms with Gasteiger partial charge in [-0.15, -0.1) is 0 Å². The van der Waals surface area contributed by atoms with Crippen molar-refractivity contribution in [2.45, 2.75) is 24.7 Å². The van der Waals surface area contributed by atoms with Crippen LogP contribution in [0.2, 0.25) is 0 Å². The third-order valence-corrected chi connectivity index (χ3v) is 14.2. The Morgan fingerprint density at radius 3 is 1.67 bits per heavy atom. The van der Waals surface area contributed by atoms with Crippen molar-refractivity contribution in [1.29, 1.82) is 0 Å². The van der Waals surface area contributed by atoms with Gasteiger partial charge in [-0.2, -0.15) is 0 Å². The molecule has 0 fully saturated rings. The van der Waals surface area contributed by atoms with Crippen LogP contribution in [0.1, 0.15) is 58.4 Å². The van der Waals surface area contributed by atoms with Crippen LogP contribution >= 0.6 is 0 Å². The number of anilines is 3. The second-order valence-corrected chi connectivity index (χ2v) is 17.7. The van der Waals surface area contributed by atoms with E-state index >= 15 is 0 Å². The monoisotopic (exact) mass is 775 g/mol. The largest absolute Gasteiger partial charge is 0.310 e. The summed E-state index contributed by atoms with van der Waals surface area (Å²) >= 11 is 0. The Morgan fingerprint density at radius 2 is 0.869 bits per heavy atom. The van der Waals surface area contributed by atoms with Gasteiger partial charge < -0.3 is 4.90 Å². The van der Waals surface area contributed by atoms with Gasteiger partial charge in [0, 0.05) is 22.5 Å². The number of para-hydroxylation sites is 1. The highest BCUT2D eigenvalue weighted by Crippen LogP contribution is 2.62. The summed E-state index contributed by atoms with van der Waals surface area (Å²) in [5.74, 6) is 0. The first kappa shape index (κ1) is 34.4. The van der Waals surface area contributed by atoms with Gasteiger partial charge in [0.25, 0.3) is 0 Å². The molecule has 0 unspecified atom stereocenters. The molecule has 0 aliphatic heterocycles. The van der Waals surface area contributed by atoms with E-state index in [1.807, 2.05) is 0 Å². The SMILES string of the molecule is CC1(C)c2cc(/C=C/c3cc4c5c(ccc6cccc(c65)C45c4ccccc4-c4ccccc45)c3)ccc2-c2ccc(N(c3ccccc3)c3ccc4ccccc4c3)cc21. The fraction of sp³-hybridized carbons (Fsp3) is 0.0667.